The van der Waals surface area contributed by atoms with Gasteiger partial charge in [0.15, 0.2) is 41.5 Å². The Morgan fingerprint density at radius 2 is 0.865 bits per heavy atom. The fourth-order valence-corrected chi connectivity index (χ4v) is 11.8. The monoisotopic (exact) mass is 1030 g/mol. The molecule has 6 aromatic rings. The molecule has 5 aliphatic heterocycles. The molecule has 0 saturated carbocycles. The number of carbonyl (C=O) groups is 2. The van der Waals surface area contributed by atoms with Gasteiger partial charge in [-0.2, -0.15) is 0 Å². The van der Waals surface area contributed by atoms with Gasteiger partial charge in [-0.3, -0.25) is 0 Å². The first-order valence-corrected chi connectivity index (χ1v) is 31.0. The zero-order valence-electron chi connectivity index (χ0n) is 43.6. The molecule has 0 aromatic heterocycles. The quantitative estimate of drug-likeness (QED) is 0.100. The van der Waals surface area contributed by atoms with E-state index in [0.717, 1.165) is 0 Å². The van der Waals surface area contributed by atoms with Crippen molar-refractivity contribution in [3.63, 3.8) is 0 Å². The normalized spacial score (nSPS) is 22.4. The van der Waals surface area contributed by atoms with E-state index in [4.69, 9.17) is 51.5 Å². The van der Waals surface area contributed by atoms with Crippen molar-refractivity contribution in [1.29, 1.82) is 0 Å². The van der Waals surface area contributed by atoms with Gasteiger partial charge in [-0.15, -0.1) is 0 Å². The number of hydrogen-bond donors (Lipinski definition) is 0. The summed E-state index contributed by atoms with van der Waals surface area (Å²) < 4.78 is 76.0. The highest BCUT2D eigenvalue weighted by Crippen LogP contribution is 2.64. The van der Waals surface area contributed by atoms with Gasteiger partial charge in [0, 0.05) is 40.5 Å². The number of benzene rings is 6. The first-order chi connectivity index (χ1) is 35.2. The van der Waals surface area contributed by atoms with Crippen LogP contribution in [-0.4, -0.2) is 73.0 Å². The maximum Gasteiger partial charge on any atom is 0.339 e. The summed E-state index contributed by atoms with van der Waals surface area (Å²) in [5, 5.41) is -0.626. The van der Waals surface area contributed by atoms with Crippen molar-refractivity contribution in [1.82, 2.24) is 0 Å². The summed E-state index contributed by atoms with van der Waals surface area (Å²) in [6.45, 7) is 21.3. The van der Waals surface area contributed by atoms with Gasteiger partial charge in [-0.05, 0) is 48.4 Å². The van der Waals surface area contributed by atoms with Crippen molar-refractivity contribution >= 4 is 28.6 Å². The van der Waals surface area contributed by atoms with E-state index in [2.05, 4.69) is 67.7 Å². The molecule has 4 bridgehead atoms. The van der Waals surface area contributed by atoms with E-state index in [1.807, 2.05) is 121 Å². The Hall–Kier alpha value is -6.63. The molecule has 0 spiro atoms. The van der Waals surface area contributed by atoms with Crippen LogP contribution < -0.4 is 27.8 Å². The minimum absolute atomic E-state index is 0.0258. The Labute approximate surface area is 434 Å². The third-order valence-electron chi connectivity index (χ3n) is 15.8. The largest absolute Gasteiger partial charge is 0.541 e. The molecular formula is C59H62O13Si2. The Balaban J connectivity index is 1.28. The van der Waals surface area contributed by atoms with E-state index in [1.54, 1.807) is 12.1 Å². The molecule has 5 heterocycles. The summed E-state index contributed by atoms with van der Waals surface area (Å²) in [5.41, 5.74) is 2.72. The second-order valence-corrected chi connectivity index (χ2v) is 32.0. The smallest absolute Gasteiger partial charge is 0.339 e. The molecule has 6 aromatic carbocycles. The van der Waals surface area contributed by atoms with Crippen molar-refractivity contribution in [3.05, 3.63) is 167 Å². The third-order valence-corrected chi connectivity index (χ3v) is 24.5. The highest BCUT2D eigenvalue weighted by atomic mass is 28.4. The summed E-state index contributed by atoms with van der Waals surface area (Å²) >= 11 is 0. The number of fused-ring (bicyclic) bond motifs is 13. The van der Waals surface area contributed by atoms with E-state index in [1.165, 1.54) is 7.11 Å². The van der Waals surface area contributed by atoms with Gasteiger partial charge < -0.3 is 51.5 Å². The number of esters is 2. The lowest BCUT2D eigenvalue weighted by molar-refractivity contribution is -0.234. The first kappa shape index (κ1) is 49.6. The number of hydrogen-bond acceptors (Lipinski definition) is 13. The minimum atomic E-state index is -2.78. The molecule has 2 fully saturated rings. The van der Waals surface area contributed by atoms with Gasteiger partial charge in [0.2, 0.25) is 11.5 Å². The molecule has 5 atom stereocenters. The lowest BCUT2D eigenvalue weighted by atomic mass is 9.91. The van der Waals surface area contributed by atoms with Gasteiger partial charge in [0.05, 0.1) is 17.7 Å². The van der Waals surface area contributed by atoms with Crippen LogP contribution in [0.3, 0.4) is 0 Å². The Morgan fingerprint density at radius 3 is 1.22 bits per heavy atom. The second kappa shape index (κ2) is 17.8. The molecule has 15 heteroatoms. The molecule has 13 nitrogen and oxygen atoms in total. The molecule has 11 rings (SSSR count). The van der Waals surface area contributed by atoms with Crippen molar-refractivity contribution in [2.45, 2.75) is 120 Å². The fraction of sp³-hybridized carbons (Fsp3) is 0.356. The second-order valence-electron chi connectivity index (χ2n) is 22.6. The van der Waals surface area contributed by atoms with E-state index in [9.17, 15) is 0 Å². The van der Waals surface area contributed by atoms with E-state index in [0.29, 0.717) is 22.3 Å². The molecule has 2 saturated heterocycles. The SMILES string of the molecule is CO[C@@H]1[C@H]2OC(=O)c3cc(O[Si](C)(C)C(C)(C)C)c4c(c3-c3c(cc(O[Si](C)(C)C(C)(C)C)c5c3OC(c3ccccc3)(c3ccccc3)O5)C(=O)O[C@@H]1[C@H]1CO[C@@H]2O1)OC(c1ccccc1)(c1ccccc1)O4. The molecule has 5 aliphatic rings. The van der Waals surface area contributed by atoms with Crippen molar-refractivity contribution < 1.29 is 61.1 Å². The van der Waals surface area contributed by atoms with Crippen LogP contribution in [0.15, 0.2) is 133 Å². The van der Waals surface area contributed by atoms with E-state index < -0.39 is 70.9 Å². The Kier molecular flexibility index (Phi) is 11.9. The topological polar surface area (TPSA) is 136 Å². The molecular weight excluding hydrogens is 973 g/mol. The third kappa shape index (κ3) is 7.97. The highest BCUT2D eigenvalue weighted by Gasteiger charge is 2.58. The zero-order valence-corrected chi connectivity index (χ0v) is 45.6. The van der Waals surface area contributed by atoms with Crippen LogP contribution in [0.5, 0.6) is 34.5 Å². The number of rotatable bonds is 9. The van der Waals surface area contributed by atoms with Crippen LogP contribution in [0.2, 0.25) is 36.3 Å². The molecule has 0 radical (unpaired) electrons. The van der Waals surface area contributed by atoms with Crippen molar-refractivity contribution in [2.24, 2.45) is 0 Å². The number of carbonyl (C=O) groups excluding carboxylic acids is 2. The predicted octanol–water partition coefficient (Wildman–Crippen LogP) is 12.3. The summed E-state index contributed by atoms with van der Waals surface area (Å²) in [6, 6.07) is 41.6. The van der Waals surface area contributed by atoms with Crippen LogP contribution in [0.4, 0.5) is 0 Å². The maximum absolute atomic E-state index is 15.9. The average Bonchev–Trinajstić information content (AvgIpc) is 4.15. The van der Waals surface area contributed by atoms with Gasteiger partial charge in [-0.1, -0.05) is 163 Å². The highest BCUT2D eigenvalue weighted by molar-refractivity contribution is 6.75. The van der Waals surface area contributed by atoms with E-state index >= 15 is 9.59 Å². The Bertz CT molecular complexity index is 2850. The zero-order chi connectivity index (χ0) is 52.2. The van der Waals surface area contributed by atoms with Gasteiger partial charge >= 0.3 is 23.5 Å². The van der Waals surface area contributed by atoms with Crippen LogP contribution in [0.25, 0.3) is 11.1 Å². The summed E-state index contributed by atoms with van der Waals surface area (Å²) in [6.07, 6.45) is -5.06. The van der Waals surface area contributed by atoms with Crippen LogP contribution in [-0.2, 0) is 35.3 Å². The van der Waals surface area contributed by atoms with Gasteiger partial charge in [-0.25, -0.2) is 9.59 Å². The van der Waals surface area contributed by atoms with Crippen molar-refractivity contribution in [3.8, 4) is 45.6 Å². The van der Waals surface area contributed by atoms with Gasteiger partial charge in [0.25, 0.3) is 16.6 Å². The van der Waals surface area contributed by atoms with Crippen LogP contribution in [0, 0.1) is 0 Å². The van der Waals surface area contributed by atoms with Gasteiger partial charge in [0.1, 0.15) is 12.2 Å². The summed E-state index contributed by atoms with van der Waals surface area (Å²) in [5.74, 6) is -3.91. The number of methoxy groups -OCH3 is 1. The van der Waals surface area contributed by atoms with Crippen molar-refractivity contribution in [2.75, 3.05) is 13.7 Å². The van der Waals surface area contributed by atoms with E-state index in [-0.39, 0.29) is 73.4 Å². The standard InChI is InChI=1S/C59H62O13Si2/c1-56(2,3)73(8,9)71-41-32-39-44(49-47(41)67-58(69-49,35-24-16-12-17-25-35)36-26-18-13-19-27-36)45-40(54(61)66-52-51(62-7)46(65-53(39)60)43-34-63-55(52)64-43)33-42(72-74(10,11)57(4,5)6)48-50(45)70-59(68-48,37-28-20-14-21-29-37)38-30-22-15-23-31-38/h12-33,43,46,51-52,55H,34H2,1-11H3/t43-,46-,51+,52-,55-/m1/s1. The lowest BCUT2D eigenvalue weighted by Crippen LogP contribution is -2.57. The molecule has 0 N–H and O–H groups in total. The Morgan fingerprint density at radius 1 is 0.514 bits per heavy atom. The summed E-state index contributed by atoms with van der Waals surface area (Å²) in [4.78, 5) is 31.8. The van der Waals surface area contributed by atoms with Crippen LogP contribution in [0.1, 0.15) is 84.5 Å². The minimum Gasteiger partial charge on any atom is -0.541 e. The predicted molar refractivity (Wildman–Crippen MR) is 281 cm³/mol. The first-order valence-electron chi connectivity index (χ1n) is 25.2. The summed E-state index contributed by atoms with van der Waals surface area (Å²) in [7, 11) is -4.07. The average molecular weight is 1040 g/mol. The molecule has 0 unspecified atom stereocenters. The molecule has 0 amide bonds. The lowest BCUT2D eigenvalue weighted by Gasteiger charge is -2.38. The number of ether oxygens (including phenoxy) is 9. The fourth-order valence-electron chi connectivity index (χ4n) is 9.75. The molecule has 0 aliphatic carbocycles. The maximum atomic E-state index is 15.9. The molecule has 384 valence electrons. The molecule has 74 heavy (non-hydrogen) atoms. The van der Waals surface area contributed by atoms with Crippen LogP contribution >= 0.6 is 0 Å².